The minimum atomic E-state index is -0.682. The van der Waals surface area contributed by atoms with Gasteiger partial charge in [0.2, 0.25) is 5.91 Å². The molecule has 3 rings (SSSR count). The molecule has 1 aromatic carbocycles. The smallest absolute Gasteiger partial charge is 0.265 e. The molecule has 0 saturated heterocycles. The number of nitrogens with two attached hydrogens (primary N) is 1. The maximum atomic E-state index is 13.4. The number of hydrogen-bond donors (Lipinski definition) is 1. The molecule has 2 aromatic rings. The molecule has 2 heterocycles. The van der Waals surface area contributed by atoms with Gasteiger partial charge < -0.3 is 5.73 Å². The molecule has 130 valence electrons. The van der Waals surface area contributed by atoms with Crippen molar-refractivity contribution in [3.05, 3.63) is 50.7 Å². The Morgan fingerprint density at radius 2 is 2.24 bits per heavy atom. The number of benzene rings is 1. The first-order valence-corrected chi connectivity index (χ1v) is 8.57. The standard InChI is InChI=1S/C16H14ClFN4O2S/c1-22-13(23)6-12(14(21-22)15(19)24)16-20-7-11(25-16)4-8-2-9(17)5-10(18)3-8/h2-3,5,7,12H,4,6H2,1H3,(H2,19,24). The normalized spacial score (nSPS) is 17.6. The van der Waals surface area contributed by atoms with Crippen LogP contribution in [0.5, 0.6) is 0 Å². The summed E-state index contributed by atoms with van der Waals surface area (Å²) in [7, 11) is 1.47. The van der Waals surface area contributed by atoms with Crippen LogP contribution in [-0.4, -0.2) is 34.6 Å². The van der Waals surface area contributed by atoms with E-state index in [1.165, 1.54) is 30.5 Å². The van der Waals surface area contributed by atoms with Gasteiger partial charge in [-0.05, 0) is 23.8 Å². The van der Waals surface area contributed by atoms with Crippen LogP contribution in [0.25, 0.3) is 0 Å². The van der Waals surface area contributed by atoms with Gasteiger partial charge in [-0.3, -0.25) is 9.59 Å². The molecule has 0 saturated carbocycles. The highest BCUT2D eigenvalue weighted by Crippen LogP contribution is 2.31. The third-order valence-corrected chi connectivity index (χ3v) is 5.08. The Morgan fingerprint density at radius 3 is 2.92 bits per heavy atom. The molecule has 0 spiro atoms. The fourth-order valence-corrected chi connectivity index (χ4v) is 3.90. The molecule has 2 amide bonds. The molecule has 6 nitrogen and oxygen atoms in total. The number of carbonyl (C=O) groups is 2. The molecule has 0 radical (unpaired) electrons. The van der Waals surface area contributed by atoms with E-state index in [-0.39, 0.29) is 18.0 Å². The first kappa shape index (κ1) is 17.5. The van der Waals surface area contributed by atoms with Crippen LogP contribution in [0.1, 0.15) is 27.8 Å². The average molecular weight is 381 g/mol. The SMILES string of the molecule is CN1N=C(C(N)=O)C(c2ncc(Cc3cc(F)cc(Cl)c3)s2)CC1=O. The Bertz CT molecular complexity index is 863. The lowest BCUT2D eigenvalue weighted by molar-refractivity contribution is -0.130. The van der Waals surface area contributed by atoms with Crippen LogP contribution in [0.4, 0.5) is 4.39 Å². The summed E-state index contributed by atoms with van der Waals surface area (Å²) >= 11 is 7.20. The molecule has 1 aromatic heterocycles. The topological polar surface area (TPSA) is 88.7 Å². The van der Waals surface area contributed by atoms with Gasteiger partial charge in [0.1, 0.15) is 16.5 Å². The maximum absolute atomic E-state index is 13.4. The molecular formula is C16H14ClFN4O2S. The van der Waals surface area contributed by atoms with Crippen molar-refractivity contribution in [3.63, 3.8) is 0 Å². The molecule has 1 aliphatic rings. The number of hydrazone groups is 1. The van der Waals surface area contributed by atoms with Gasteiger partial charge in [0.15, 0.2) is 0 Å². The molecule has 0 aliphatic carbocycles. The first-order valence-electron chi connectivity index (χ1n) is 7.38. The van der Waals surface area contributed by atoms with E-state index in [1.54, 1.807) is 12.3 Å². The van der Waals surface area contributed by atoms with Crippen LogP contribution in [0.3, 0.4) is 0 Å². The van der Waals surface area contributed by atoms with Gasteiger partial charge in [-0.1, -0.05) is 11.6 Å². The summed E-state index contributed by atoms with van der Waals surface area (Å²) in [6, 6.07) is 4.32. The van der Waals surface area contributed by atoms with E-state index in [0.717, 1.165) is 9.89 Å². The molecule has 9 heteroatoms. The number of amides is 2. The van der Waals surface area contributed by atoms with E-state index in [2.05, 4.69) is 10.1 Å². The molecular weight excluding hydrogens is 367 g/mol. The number of rotatable bonds is 4. The summed E-state index contributed by atoms with van der Waals surface area (Å²) in [5.74, 6) is -1.87. The number of hydrogen-bond acceptors (Lipinski definition) is 5. The van der Waals surface area contributed by atoms with E-state index in [0.29, 0.717) is 22.0 Å². The van der Waals surface area contributed by atoms with Gasteiger partial charge >= 0.3 is 0 Å². The van der Waals surface area contributed by atoms with Crippen LogP contribution in [0.2, 0.25) is 5.02 Å². The fraction of sp³-hybridized carbons (Fsp3) is 0.250. The maximum Gasteiger partial charge on any atom is 0.265 e. The highest BCUT2D eigenvalue weighted by molar-refractivity contribution is 7.11. The highest BCUT2D eigenvalue weighted by Gasteiger charge is 2.34. The van der Waals surface area contributed by atoms with Crippen LogP contribution < -0.4 is 5.73 Å². The number of primary amides is 1. The lowest BCUT2D eigenvalue weighted by Crippen LogP contribution is -2.39. The summed E-state index contributed by atoms with van der Waals surface area (Å²) in [5, 5.41) is 5.98. The van der Waals surface area contributed by atoms with Crippen molar-refractivity contribution >= 4 is 40.5 Å². The summed E-state index contributed by atoms with van der Waals surface area (Å²) in [6.07, 6.45) is 2.16. The first-order chi connectivity index (χ1) is 11.8. The van der Waals surface area contributed by atoms with Crippen molar-refractivity contribution in [1.29, 1.82) is 0 Å². The Hall–Kier alpha value is -2.32. The van der Waals surface area contributed by atoms with Crippen molar-refractivity contribution in [2.45, 2.75) is 18.8 Å². The van der Waals surface area contributed by atoms with Gasteiger partial charge in [-0.25, -0.2) is 14.4 Å². The minimum Gasteiger partial charge on any atom is -0.364 e. The average Bonchev–Trinajstić information content (AvgIpc) is 2.96. The van der Waals surface area contributed by atoms with Crippen LogP contribution in [0.15, 0.2) is 29.5 Å². The van der Waals surface area contributed by atoms with E-state index >= 15 is 0 Å². The van der Waals surface area contributed by atoms with Crippen molar-refractivity contribution in [1.82, 2.24) is 9.99 Å². The van der Waals surface area contributed by atoms with Crippen LogP contribution in [-0.2, 0) is 16.0 Å². The second-order valence-corrected chi connectivity index (χ2v) is 7.23. The van der Waals surface area contributed by atoms with E-state index in [4.69, 9.17) is 17.3 Å². The Labute approximate surface area is 152 Å². The summed E-state index contributed by atoms with van der Waals surface area (Å²) in [5.41, 5.74) is 6.20. The monoisotopic (exact) mass is 380 g/mol. The van der Waals surface area contributed by atoms with Crippen LogP contribution in [0, 0.1) is 5.82 Å². The van der Waals surface area contributed by atoms with Gasteiger partial charge in [0.25, 0.3) is 5.91 Å². The molecule has 0 fully saturated rings. The zero-order chi connectivity index (χ0) is 18.1. The third kappa shape index (κ3) is 3.85. The molecule has 1 atom stereocenters. The molecule has 2 N–H and O–H groups in total. The quantitative estimate of drug-likeness (QED) is 0.882. The minimum absolute atomic E-state index is 0.0804. The lowest BCUT2D eigenvalue weighted by atomic mass is 9.97. The highest BCUT2D eigenvalue weighted by atomic mass is 35.5. The lowest BCUT2D eigenvalue weighted by Gasteiger charge is -2.24. The van der Waals surface area contributed by atoms with E-state index in [9.17, 15) is 14.0 Å². The zero-order valence-electron chi connectivity index (χ0n) is 13.2. The summed E-state index contributed by atoms with van der Waals surface area (Å²) in [6.45, 7) is 0. The summed E-state index contributed by atoms with van der Waals surface area (Å²) < 4.78 is 13.4. The number of aromatic nitrogens is 1. The largest absolute Gasteiger partial charge is 0.364 e. The number of nitrogens with zero attached hydrogens (tertiary/aromatic N) is 3. The Kier molecular flexibility index (Phi) is 4.82. The van der Waals surface area contributed by atoms with Gasteiger partial charge in [0, 0.05) is 36.0 Å². The second kappa shape index (κ2) is 6.89. The van der Waals surface area contributed by atoms with E-state index < -0.39 is 17.6 Å². The van der Waals surface area contributed by atoms with Gasteiger partial charge in [-0.2, -0.15) is 5.10 Å². The zero-order valence-corrected chi connectivity index (χ0v) is 14.8. The van der Waals surface area contributed by atoms with Gasteiger partial charge in [0.05, 0.1) is 5.92 Å². The third-order valence-electron chi connectivity index (χ3n) is 3.75. The fourth-order valence-electron chi connectivity index (χ4n) is 2.60. The number of halogens is 2. The van der Waals surface area contributed by atoms with Gasteiger partial charge in [-0.15, -0.1) is 11.3 Å². The predicted molar refractivity (Wildman–Crippen MR) is 93.1 cm³/mol. The number of thiazole rings is 1. The Morgan fingerprint density at radius 1 is 1.48 bits per heavy atom. The van der Waals surface area contributed by atoms with Crippen molar-refractivity contribution < 1.29 is 14.0 Å². The van der Waals surface area contributed by atoms with Crippen molar-refractivity contribution in [2.24, 2.45) is 10.8 Å². The van der Waals surface area contributed by atoms with Crippen molar-refractivity contribution in [3.8, 4) is 0 Å². The van der Waals surface area contributed by atoms with Crippen LogP contribution >= 0.6 is 22.9 Å². The Balaban J connectivity index is 1.86. The summed E-state index contributed by atoms with van der Waals surface area (Å²) in [4.78, 5) is 28.7. The molecule has 1 unspecified atom stereocenters. The number of carbonyl (C=O) groups excluding carboxylic acids is 2. The van der Waals surface area contributed by atoms with E-state index in [1.807, 2.05) is 0 Å². The second-order valence-electron chi connectivity index (χ2n) is 5.64. The molecule has 25 heavy (non-hydrogen) atoms. The van der Waals surface area contributed by atoms with Crippen molar-refractivity contribution in [2.75, 3.05) is 7.05 Å². The molecule has 0 bridgehead atoms. The predicted octanol–water partition coefficient (Wildman–Crippen LogP) is 2.31. The molecule has 1 aliphatic heterocycles.